The summed E-state index contributed by atoms with van der Waals surface area (Å²) in [6.07, 6.45) is 3.45. The fraction of sp³-hybridized carbons (Fsp3) is 0.385. The predicted octanol–water partition coefficient (Wildman–Crippen LogP) is 2.76. The van der Waals surface area contributed by atoms with E-state index >= 15 is 0 Å². The molecule has 1 aliphatic rings. The highest BCUT2D eigenvalue weighted by molar-refractivity contribution is 5.14. The zero-order valence-electron chi connectivity index (χ0n) is 8.20. The first-order valence-electron chi connectivity index (χ1n) is 5.09. The van der Waals surface area contributed by atoms with Crippen LogP contribution in [-0.4, -0.2) is 6.10 Å². The van der Waals surface area contributed by atoms with Crippen LogP contribution in [0.4, 0.5) is 0 Å². The maximum absolute atomic E-state index is 5.70. The van der Waals surface area contributed by atoms with Crippen molar-refractivity contribution in [3.63, 3.8) is 0 Å². The summed E-state index contributed by atoms with van der Waals surface area (Å²) >= 11 is 0. The quantitative estimate of drug-likeness (QED) is 0.659. The molecule has 14 heavy (non-hydrogen) atoms. The molecular formula is C13H14O. The highest BCUT2D eigenvalue weighted by atomic mass is 16.5. The van der Waals surface area contributed by atoms with Crippen molar-refractivity contribution in [3.8, 4) is 11.8 Å². The summed E-state index contributed by atoms with van der Waals surface area (Å²) in [5.74, 6) is 6.21. The second-order valence-corrected chi connectivity index (χ2v) is 3.50. The second-order valence-electron chi connectivity index (χ2n) is 3.50. The maximum Gasteiger partial charge on any atom is 0.118 e. The highest BCUT2D eigenvalue weighted by Gasteiger charge is 2.07. The third-order valence-corrected chi connectivity index (χ3v) is 2.33. The van der Waals surface area contributed by atoms with Gasteiger partial charge in [-0.1, -0.05) is 36.3 Å². The van der Waals surface area contributed by atoms with Crippen LogP contribution in [0.15, 0.2) is 30.3 Å². The van der Waals surface area contributed by atoms with E-state index in [1.807, 2.05) is 18.2 Å². The molecule has 0 radical (unpaired) electrons. The molecule has 1 aromatic rings. The van der Waals surface area contributed by atoms with Crippen molar-refractivity contribution in [2.24, 2.45) is 0 Å². The van der Waals surface area contributed by atoms with Crippen LogP contribution in [0.5, 0.6) is 0 Å². The molecule has 0 aliphatic heterocycles. The van der Waals surface area contributed by atoms with Gasteiger partial charge in [0.2, 0.25) is 0 Å². The van der Waals surface area contributed by atoms with Gasteiger partial charge < -0.3 is 4.74 Å². The normalized spacial score (nSPS) is 19.9. The fourth-order valence-corrected chi connectivity index (χ4v) is 1.53. The Morgan fingerprint density at radius 1 is 1.29 bits per heavy atom. The van der Waals surface area contributed by atoms with E-state index in [-0.39, 0.29) is 6.10 Å². The summed E-state index contributed by atoms with van der Waals surface area (Å²) in [7, 11) is 0. The van der Waals surface area contributed by atoms with Crippen LogP contribution in [-0.2, 0) is 11.3 Å². The largest absolute Gasteiger partial charge is 0.361 e. The average molecular weight is 186 g/mol. The third kappa shape index (κ3) is 2.61. The molecule has 0 fully saturated rings. The van der Waals surface area contributed by atoms with Gasteiger partial charge in [0.15, 0.2) is 0 Å². The molecule has 0 amide bonds. The average Bonchev–Trinajstić information content (AvgIpc) is 2.29. The van der Waals surface area contributed by atoms with Gasteiger partial charge in [0.05, 0.1) is 6.61 Å². The van der Waals surface area contributed by atoms with Gasteiger partial charge in [-0.2, -0.15) is 0 Å². The minimum absolute atomic E-state index is 0.156. The van der Waals surface area contributed by atoms with Crippen molar-refractivity contribution in [1.82, 2.24) is 0 Å². The van der Waals surface area contributed by atoms with E-state index in [2.05, 4.69) is 24.0 Å². The molecule has 0 bridgehead atoms. The first-order valence-corrected chi connectivity index (χ1v) is 5.09. The van der Waals surface area contributed by atoms with Crippen molar-refractivity contribution in [2.75, 3.05) is 0 Å². The van der Waals surface area contributed by atoms with E-state index in [1.165, 1.54) is 12.0 Å². The first kappa shape index (κ1) is 9.30. The van der Waals surface area contributed by atoms with Gasteiger partial charge in [-0.15, -0.1) is 5.92 Å². The summed E-state index contributed by atoms with van der Waals surface area (Å²) in [5, 5.41) is 0. The molecule has 0 aromatic heterocycles. The van der Waals surface area contributed by atoms with Gasteiger partial charge in [0.1, 0.15) is 6.10 Å². The van der Waals surface area contributed by atoms with Gasteiger partial charge in [-0.3, -0.25) is 0 Å². The van der Waals surface area contributed by atoms with Crippen molar-refractivity contribution < 1.29 is 4.74 Å². The van der Waals surface area contributed by atoms with Gasteiger partial charge >= 0.3 is 0 Å². The Morgan fingerprint density at radius 3 is 2.86 bits per heavy atom. The van der Waals surface area contributed by atoms with E-state index in [9.17, 15) is 0 Å². The molecule has 72 valence electrons. The van der Waals surface area contributed by atoms with Gasteiger partial charge in [0.25, 0.3) is 0 Å². The Bertz CT molecular complexity index is 331. The van der Waals surface area contributed by atoms with Crippen LogP contribution in [0.25, 0.3) is 0 Å². The molecule has 1 aromatic carbocycles. The van der Waals surface area contributed by atoms with Crippen molar-refractivity contribution in [1.29, 1.82) is 0 Å². The molecule has 0 heterocycles. The van der Waals surface area contributed by atoms with Gasteiger partial charge in [0, 0.05) is 6.42 Å². The summed E-state index contributed by atoms with van der Waals surface area (Å²) in [5.41, 5.74) is 1.22. The molecule has 1 aliphatic carbocycles. The Balaban J connectivity index is 1.84. The minimum Gasteiger partial charge on any atom is -0.361 e. The van der Waals surface area contributed by atoms with Crippen molar-refractivity contribution in [2.45, 2.75) is 32.0 Å². The van der Waals surface area contributed by atoms with E-state index in [0.29, 0.717) is 6.61 Å². The number of hydrogen-bond acceptors (Lipinski definition) is 1. The van der Waals surface area contributed by atoms with Gasteiger partial charge in [-0.25, -0.2) is 0 Å². The lowest BCUT2D eigenvalue weighted by Gasteiger charge is -2.14. The van der Waals surface area contributed by atoms with Crippen LogP contribution in [0, 0.1) is 11.8 Å². The summed E-state index contributed by atoms with van der Waals surface area (Å²) in [6.45, 7) is 0.681. The summed E-state index contributed by atoms with van der Waals surface area (Å²) in [6, 6.07) is 10.2. The minimum atomic E-state index is 0.156. The van der Waals surface area contributed by atoms with Crippen LogP contribution in [0.3, 0.4) is 0 Å². The summed E-state index contributed by atoms with van der Waals surface area (Å²) < 4.78 is 5.70. The molecular weight excluding hydrogens is 172 g/mol. The standard InChI is InChI=1S/C13H14O/c1-3-7-12(8-4-1)11-14-13-9-5-2-6-10-13/h1,3-4,7-8,13H,2,5,9,11H2. The number of ether oxygens (including phenoxy) is 1. The number of benzene rings is 1. The molecule has 1 unspecified atom stereocenters. The molecule has 0 saturated carbocycles. The topological polar surface area (TPSA) is 9.23 Å². The SMILES string of the molecule is C1#CC(OCc2ccccc2)CCC1. The van der Waals surface area contributed by atoms with Crippen molar-refractivity contribution >= 4 is 0 Å². The Morgan fingerprint density at radius 2 is 2.14 bits per heavy atom. The molecule has 0 saturated heterocycles. The van der Waals surface area contributed by atoms with E-state index in [1.54, 1.807) is 0 Å². The van der Waals surface area contributed by atoms with E-state index < -0.39 is 0 Å². The zero-order chi connectivity index (χ0) is 9.64. The van der Waals surface area contributed by atoms with Crippen LogP contribution in [0.1, 0.15) is 24.8 Å². The molecule has 0 spiro atoms. The maximum atomic E-state index is 5.70. The van der Waals surface area contributed by atoms with Crippen LogP contribution >= 0.6 is 0 Å². The zero-order valence-corrected chi connectivity index (χ0v) is 8.20. The second kappa shape index (κ2) is 4.83. The van der Waals surface area contributed by atoms with E-state index in [0.717, 1.165) is 12.8 Å². The predicted molar refractivity (Wildman–Crippen MR) is 56.6 cm³/mol. The van der Waals surface area contributed by atoms with Crippen LogP contribution < -0.4 is 0 Å². The monoisotopic (exact) mass is 186 g/mol. The molecule has 1 heteroatoms. The lowest BCUT2D eigenvalue weighted by Crippen LogP contribution is -2.12. The molecule has 1 atom stereocenters. The number of hydrogen-bond donors (Lipinski definition) is 0. The lowest BCUT2D eigenvalue weighted by atomic mass is 10.1. The Labute approximate surface area is 85.1 Å². The molecule has 0 N–H and O–H groups in total. The molecule has 2 rings (SSSR count). The smallest absolute Gasteiger partial charge is 0.118 e. The van der Waals surface area contributed by atoms with Crippen molar-refractivity contribution in [3.05, 3.63) is 35.9 Å². The summed E-state index contributed by atoms with van der Waals surface area (Å²) in [4.78, 5) is 0. The highest BCUT2D eigenvalue weighted by Crippen LogP contribution is 2.11. The van der Waals surface area contributed by atoms with Crippen LogP contribution in [0.2, 0.25) is 0 Å². The third-order valence-electron chi connectivity index (χ3n) is 2.33. The lowest BCUT2D eigenvalue weighted by molar-refractivity contribution is 0.0699. The van der Waals surface area contributed by atoms with E-state index in [4.69, 9.17) is 4.74 Å². The molecule has 1 nitrogen and oxygen atoms in total. The Hall–Kier alpha value is -1.26. The Kier molecular flexibility index (Phi) is 3.21. The number of rotatable bonds is 3. The fourth-order valence-electron chi connectivity index (χ4n) is 1.53. The van der Waals surface area contributed by atoms with Gasteiger partial charge in [-0.05, 0) is 18.4 Å². The first-order chi connectivity index (χ1) is 6.95.